The van der Waals surface area contributed by atoms with Gasteiger partial charge in [-0.2, -0.15) is 0 Å². The van der Waals surface area contributed by atoms with E-state index in [1.54, 1.807) is 0 Å². The molecule has 0 aliphatic heterocycles. The van der Waals surface area contributed by atoms with E-state index in [0.29, 0.717) is 12.5 Å². The monoisotopic (exact) mass is 167 g/mol. The van der Waals surface area contributed by atoms with Gasteiger partial charge >= 0.3 is 5.97 Å². The molecule has 1 rings (SSSR count). The van der Waals surface area contributed by atoms with E-state index in [4.69, 9.17) is 10.8 Å². The normalized spacial score (nSPS) is 22.1. The fourth-order valence-corrected chi connectivity index (χ4v) is 1.19. The van der Waals surface area contributed by atoms with Crippen LogP contribution in [0.15, 0.2) is 23.8 Å². The lowest BCUT2D eigenvalue weighted by atomic mass is 9.95. The van der Waals surface area contributed by atoms with E-state index in [0.717, 1.165) is 12.0 Å². The molecule has 1 aliphatic carbocycles. The fourth-order valence-electron chi connectivity index (χ4n) is 1.19. The van der Waals surface area contributed by atoms with E-state index >= 15 is 0 Å². The van der Waals surface area contributed by atoms with Gasteiger partial charge in [0.1, 0.15) is 0 Å². The maximum atomic E-state index is 10.3. The fraction of sp³-hybridized carbons (Fsp3) is 0.444. The van der Waals surface area contributed by atoms with Crippen molar-refractivity contribution in [2.75, 3.05) is 6.54 Å². The van der Waals surface area contributed by atoms with Gasteiger partial charge in [-0.15, -0.1) is 0 Å². The van der Waals surface area contributed by atoms with Gasteiger partial charge in [-0.1, -0.05) is 18.2 Å². The lowest BCUT2D eigenvalue weighted by Gasteiger charge is -2.12. The first-order valence-electron chi connectivity index (χ1n) is 4.01. The van der Waals surface area contributed by atoms with Crippen LogP contribution in [-0.4, -0.2) is 17.6 Å². The summed E-state index contributed by atoms with van der Waals surface area (Å²) in [6, 6.07) is 0. The predicted molar refractivity (Wildman–Crippen MR) is 46.6 cm³/mol. The highest BCUT2D eigenvalue weighted by molar-refractivity contribution is 5.71. The molecule has 66 valence electrons. The zero-order chi connectivity index (χ0) is 8.97. The topological polar surface area (TPSA) is 63.3 Å². The molecule has 12 heavy (non-hydrogen) atoms. The van der Waals surface area contributed by atoms with Crippen molar-refractivity contribution in [3.63, 3.8) is 0 Å². The van der Waals surface area contributed by atoms with Crippen molar-refractivity contribution in [1.82, 2.24) is 0 Å². The molecule has 0 aromatic rings. The van der Waals surface area contributed by atoms with Crippen molar-refractivity contribution in [1.29, 1.82) is 0 Å². The summed E-state index contributed by atoms with van der Waals surface area (Å²) >= 11 is 0. The number of carboxylic acid groups (broad SMARTS) is 1. The van der Waals surface area contributed by atoms with E-state index < -0.39 is 5.97 Å². The Kier molecular flexibility index (Phi) is 3.05. The van der Waals surface area contributed by atoms with Gasteiger partial charge in [0.2, 0.25) is 0 Å². The molecule has 1 atom stereocenters. The highest BCUT2D eigenvalue weighted by atomic mass is 16.4. The summed E-state index contributed by atoms with van der Waals surface area (Å²) < 4.78 is 0. The average Bonchev–Trinajstić information content (AvgIpc) is 2.05. The van der Waals surface area contributed by atoms with Gasteiger partial charge in [0.25, 0.3) is 0 Å². The van der Waals surface area contributed by atoms with E-state index in [9.17, 15) is 4.79 Å². The first kappa shape index (κ1) is 9.00. The summed E-state index contributed by atoms with van der Waals surface area (Å²) in [5.74, 6) is -0.389. The SMILES string of the molecule is NCC1C=CC(CC(=O)O)=CC1. The van der Waals surface area contributed by atoms with Crippen LogP contribution in [0.1, 0.15) is 12.8 Å². The van der Waals surface area contributed by atoms with Crippen LogP contribution in [0, 0.1) is 5.92 Å². The Balaban J connectivity index is 2.46. The third-order valence-electron chi connectivity index (χ3n) is 1.92. The molecule has 1 unspecified atom stereocenters. The number of allylic oxidation sites excluding steroid dienone is 2. The van der Waals surface area contributed by atoms with Crippen molar-refractivity contribution < 1.29 is 9.90 Å². The number of rotatable bonds is 3. The van der Waals surface area contributed by atoms with Gasteiger partial charge in [0.05, 0.1) is 6.42 Å². The summed E-state index contributed by atoms with van der Waals surface area (Å²) in [6.07, 6.45) is 6.78. The molecule has 0 aromatic carbocycles. The predicted octanol–water partition coefficient (Wildman–Crippen LogP) is 0.922. The average molecular weight is 167 g/mol. The zero-order valence-electron chi connectivity index (χ0n) is 6.86. The molecule has 0 bridgehead atoms. The standard InChI is InChI=1S/C9H13NO2/c10-6-8-3-1-7(2-4-8)5-9(11)12/h1-3,8H,4-6,10H2,(H,11,12). The molecule has 0 fully saturated rings. The van der Waals surface area contributed by atoms with Crippen molar-refractivity contribution in [3.05, 3.63) is 23.8 Å². The summed E-state index contributed by atoms with van der Waals surface area (Å²) in [6.45, 7) is 0.632. The minimum atomic E-state index is -0.780. The summed E-state index contributed by atoms with van der Waals surface area (Å²) in [5, 5.41) is 8.49. The van der Waals surface area contributed by atoms with Gasteiger partial charge < -0.3 is 10.8 Å². The second-order valence-corrected chi connectivity index (χ2v) is 2.94. The number of nitrogens with two attached hydrogens (primary N) is 1. The maximum absolute atomic E-state index is 10.3. The highest BCUT2D eigenvalue weighted by Gasteiger charge is 2.08. The van der Waals surface area contributed by atoms with E-state index in [1.807, 2.05) is 18.2 Å². The first-order chi connectivity index (χ1) is 5.72. The maximum Gasteiger partial charge on any atom is 0.307 e. The zero-order valence-corrected chi connectivity index (χ0v) is 6.86. The Labute approximate surface area is 71.6 Å². The molecular weight excluding hydrogens is 154 g/mol. The highest BCUT2D eigenvalue weighted by Crippen LogP contribution is 2.17. The van der Waals surface area contributed by atoms with E-state index in [-0.39, 0.29) is 6.42 Å². The van der Waals surface area contributed by atoms with Crippen LogP contribution in [-0.2, 0) is 4.79 Å². The summed E-state index contributed by atoms with van der Waals surface area (Å²) in [4.78, 5) is 10.3. The van der Waals surface area contributed by atoms with Crippen molar-refractivity contribution in [2.24, 2.45) is 11.7 Å². The Morgan fingerprint density at radius 1 is 1.75 bits per heavy atom. The van der Waals surface area contributed by atoms with Gasteiger partial charge in [0.15, 0.2) is 0 Å². The molecule has 0 saturated carbocycles. The number of aliphatic carboxylic acids is 1. The van der Waals surface area contributed by atoms with E-state index in [1.165, 1.54) is 0 Å². The van der Waals surface area contributed by atoms with Gasteiger partial charge in [0, 0.05) is 0 Å². The minimum Gasteiger partial charge on any atom is -0.481 e. The van der Waals surface area contributed by atoms with Crippen molar-refractivity contribution in [3.8, 4) is 0 Å². The molecule has 0 spiro atoms. The lowest BCUT2D eigenvalue weighted by molar-refractivity contribution is -0.136. The molecule has 0 saturated heterocycles. The third-order valence-corrected chi connectivity index (χ3v) is 1.92. The van der Waals surface area contributed by atoms with Crippen LogP contribution in [0.5, 0.6) is 0 Å². The Hall–Kier alpha value is -1.09. The molecule has 0 heterocycles. The summed E-state index contributed by atoms with van der Waals surface area (Å²) in [5.41, 5.74) is 6.33. The molecule has 3 heteroatoms. The molecule has 0 radical (unpaired) electrons. The number of carboxylic acids is 1. The lowest BCUT2D eigenvalue weighted by Crippen LogP contribution is -2.13. The van der Waals surface area contributed by atoms with Crippen LogP contribution in [0.4, 0.5) is 0 Å². The summed E-state index contributed by atoms with van der Waals surface area (Å²) in [7, 11) is 0. The third kappa shape index (κ3) is 2.51. The van der Waals surface area contributed by atoms with Crippen LogP contribution in [0.25, 0.3) is 0 Å². The quantitative estimate of drug-likeness (QED) is 0.657. The second-order valence-electron chi connectivity index (χ2n) is 2.94. The van der Waals surface area contributed by atoms with Gasteiger partial charge in [-0.3, -0.25) is 4.79 Å². The van der Waals surface area contributed by atoms with Crippen molar-refractivity contribution in [2.45, 2.75) is 12.8 Å². The van der Waals surface area contributed by atoms with Crippen molar-refractivity contribution >= 4 is 5.97 Å². The molecule has 0 aromatic heterocycles. The van der Waals surface area contributed by atoms with Crippen LogP contribution in [0.3, 0.4) is 0 Å². The molecule has 0 amide bonds. The van der Waals surface area contributed by atoms with Crippen LogP contribution in [0.2, 0.25) is 0 Å². The van der Waals surface area contributed by atoms with Crippen LogP contribution < -0.4 is 5.73 Å². The molecular formula is C9H13NO2. The molecule has 1 aliphatic rings. The van der Waals surface area contributed by atoms with Gasteiger partial charge in [-0.25, -0.2) is 0 Å². The Bertz CT molecular complexity index is 231. The van der Waals surface area contributed by atoms with E-state index in [2.05, 4.69) is 0 Å². The molecule has 3 nitrogen and oxygen atoms in total. The second kappa shape index (κ2) is 4.07. The Morgan fingerprint density at radius 3 is 2.92 bits per heavy atom. The minimum absolute atomic E-state index is 0.119. The number of carbonyl (C=O) groups is 1. The number of hydrogen-bond donors (Lipinski definition) is 2. The van der Waals surface area contributed by atoms with Crippen LogP contribution >= 0.6 is 0 Å². The smallest absolute Gasteiger partial charge is 0.307 e. The first-order valence-corrected chi connectivity index (χ1v) is 4.01. The Morgan fingerprint density at radius 2 is 2.50 bits per heavy atom. The molecule has 3 N–H and O–H groups in total. The van der Waals surface area contributed by atoms with Gasteiger partial charge in [-0.05, 0) is 24.5 Å². The largest absolute Gasteiger partial charge is 0.481 e. The number of hydrogen-bond acceptors (Lipinski definition) is 2.